The summed E-state index contributed by atoms with van der Waals surface area (Å²) < 4.78 is 7.52. The molecule has 3 heterocycles. The van der Waals surface area contributed by atoms with Crippen molar-refractivity contribution in [2.45, 2.75) is 39.3 Å². The number of aryl methyl sites for hydroxylation is 2. The highest BCUT2D eigenvalue weighted by atomic mass is 35.5. The van der Waals surface area contributed by atoms with E-state index in [2.05, 4.69) is 41.2 Å². The molecule has 1 aromatic heterocycles. The van der Waals surface area contributed by atoms with Gasteiger partial charge in [0.15, 0.2) is 0 Å². The van der Waals surface area contributed by atoms with Crippen LogP contribution >= 0.6 is 11.6 Å². The quantitative estimate of drug-likeness (QED) is 0.642. The molecule has 1 aromatic carbocycles. The summed E-state index contributed by atoms with van der Waals surface area (Å²) in [5, 5.41) is 5.13. The lowest BCUT2D eigenvalue weighted by Crippen LogP contribution is -2.50. The molecule has 0 spiro atoms. The van der Waals surface area contributed by atoms with E-state index in [1.54, 1.807) is 16.8 Å². The number of amides is 1. The van der Waals surface area contributed by atoms with Crippen LogP contribution in [0.15, 0.2) is 30.3 Å². The number of aromatic nitrogens is 2. The van der Waals surface area contributed by atoms with Crippen LogP contribution in [0.2, 0.25) is 5.15 Å². The van der Waals surface area contributed by atoms with E-state index in [9.17, 15) is 4.79 Å². The largest absolute Gasteiger partial charge is 0.377 e. The molecule has 0 saturated carbocycles. The van der Waals surface area contributed by atoms with Gasteiger partial charge in [-0.25, -0.2) is 4.68 Å². The summed E-state index contributed by atoms with van der Waals surface area (Å²) >= 11 is 6.59. The van der Waals surface area contributed by atoms with Gasteiger partial charge in [0.2, 0.25) is 5.91 Å². The Kier molecular flexibility index (Phi) is 7.10. The number of halogens is 1. The number of hydrogen-bond donors (Lipinski definition) is 0. The SMILES string of the molecule is Cc1ccc(Cn2nc(C)c(/C=C/C(=O)N3CCN(CC4CCCO4)CC3)c2Cl)cc1. The van der Waals surface area contributed by atoms with Crippen LogP contribution in [0.3, 0.4) is 0 Å². The summed E-state index contributed by atoms with van der Waals surface area (Å²) in [7, 11) is 0. The molecule has 0 radical (unpaired) electrons. The topological polar surface area (TPSA) is 50.6 Å². The number of rotatable bonds is 6. The first kappa shape index (κ1) is 22.1. The van der Waals surface area contributed by atoms with E-state index in [4.69, 9.17) is 16.3 Å². The predicted molar refractivity (Wildman–Crippen MR) is 123 cm³/mol. The van der Waals surface area contributed by atoms with Crippen LogP contribution in [0.1, 0.15) is 35.2 Å². The monoisotopic (exact) mass is 442 g/mol. The molecule has 4 rings (SSSR count). The minimum atomic E-state index is 0.0264. The lowest BCUT2D eigenvalue weighted by Gasteiger charge is -2.35. The van der Waals surface area contributed by atoms with Crippen molar-refractivity contribution in [3.05, 3.63) is 57.9 Å². The van der Waals surface area contributed by atoms with Crippen LogP contribution in [-0.2, 0) is 16.1 Å². The highest BCUT2D eigenvalue weighted by Gasteiger charge is 2.24. The van der Waals surface area contributed by atoms with Gasteiger partial charge in [-0.1, -0.05) is 41.4 Å². The Morgan fingerprint density at radius 1 is 1.19 bits per heavy atom. The Hall–Kier alpha value is -2.15. The maximum atomic E-state index is 12.7. The highest BCUT2D eigenvalue weighted by molar-refractivity contribution is 6.31. The van der Waals surface area contributed by atoms with E-state index in [0.29, 0.717) is 17.8 Å². The standard InChI is InChI=1S/C24H31ClN4O2/c1-18-5-7-20(8-6-18)16-29-24(25)22(19(2)26-29)9-10-23(30)28-13-11-27(12-14-28)17-21-4-3-15-31-21/h5-10,21H,3-4,11-17H2,1-2H3/b10-9+. The van der Waals surface area contributed by atoms with Crippen molar-refractivity contribution >= 4 is 23.6 Å². The van der Waals surface area contributed by atoms with Gasteiger partial charge in [-0.2, -0.15) is 5.10 Å². The zero-order chi connectivity index (χ0) is 21.8. The summed E-state index contributed by atoms with van der Waals surface area (Å²) in [6, 6.07) is 8.33. The maximum absolute atomic E-state index is 12.7. The molecule has 0 N–H and O–H groups in total. The summed E-state index contributed by atoms with van der Waals surface area (Å²) in [6.45, 7) is 9.74. The Labute approximate surface area is 189 Å². The van der Waals surface area contributed by atoms with Crippen molar-refractivity contribution in [1.29, 1.82) is 0 Å². The smallest absolute Gasteiger partial charge is 0.246 e. The fraction of sp³-hybridized carbons (Fsp3) is 0.500. The van der Waals surface area contributed by atoms with Gasteiger partial charge in [-0.05, 0) is 38.3 Å². The van der Waals surface area contributed by atoms with E-state index in [1.165, 1.54) is 5.56 Å². The molecule has 31 heavy (non-hydrogen) atoms. The molecular weight excluding hydrogens is 412 g/mol. The lowest BCUT2D eigenvalue weighted by atomic mass is 10.1. The Balaban J connectivity index is 1.33. The van der Waals surface area contributed by atoms with Gasteiger partial charge in [0.25, 0.3) is 0 Å². The van der Waals surface area contributed by atoms with Gasteiger partial charge in [0.05, 0.1) is 18.3 Å². The minimum absolute atomic E-state index is 0.0264. The zero-order valence-electron chi connectivity index (χ0n) is 18.4. The van der Waals surface area contributed by atoms with Gasteiger partial charge in [-0.15, -0.1) is 0 Å². The lowest BCUT2D eigenvalue weighted by molar-refractivity contribution is -0.127. The molecule has 1 unspecified atom stereocenters. The number of ether oxygens (including phenoxy) is 1. The number of piperazine rings is 1. The molecule has 7 heteroatoms. The van der Waals surface area contributed by atoms with E-state index < -0.39 is 0 Å². The normalized spacial score (nSPS) is 20.1. The summed E-state index contributed by atoms with van der Waals surface area (Å²) in [5.74, 6) is 0.0264. The summed E-state index contributed by atoms with van der Waals surface area (Å²) in [4.78, 5) is 17.0. The van der Waals surface area contributed by atoms with E-state index in [0.717, 1.165) is 69.0 Å². The average molecular weight is 443 g/mol. The second kappa shape index (κ2) is 9.98. The number of hydrogen-bond acceptors (Lipinski definition) is 4. The second-order valence-electron chi connectivity index (χ2n) is 8.53. The molecule has 0 bridgehead atoms. The predicted octanol–water partition coefficient (Wildman–Crippen LogP) is 3.54. The third-order valence-electron chi connectivity index (χ3n) is 6.12. The van der Waals surface area contributed by atoms with Gasteiger partial charge in [0, 0.05) is 51.0 Å². The van der Waals surface area contributed by atoms with Gasteiger partial charge in [0.1, 0.15) is 5.15 Å². The minimum Gasteiger partial charge on any atom is -0.377 e. The fourth-order valence-electron chi connectivity index (χ4n) is 4.21. The first-order valence-electron chi connectivity index (χ1n) is 11.1. The first-order chi connectivity index (χ1) is 15.0. The molecule has 166 valence electrons. The van der Waals surface area contributed by atoms with Gasteiger partial charge >= 0.3 is 0 Å². The second-order valence-corrected chi connectivity index (χ2v) is 8.89. The number of nitrogens with zero attached hydrogens (tertiary/aromatic N) is 4. The highest BCUT2D eigenvalue weighted by Crippen LogP contribution is 2.23. The Bertz CT molecular complexity index is 924. The molecular formula is C24H31ClN4O2. The molecule has 2 aromatic rings. The molecule has 1 amide bonds. The third kappa shape index (κ3) is 5.56. The van der Waals surface area contributed by atoms with Crippen molar-refractivity contribution in [2.75, 3.05) is 39.3 Å². The number of benzene rings is 1. The molecule has 2 aliphatic heterocycles. The van der Waals surface area contributed by atoms with Crippen molar-refractivity contribution < 1.29 is 9.53 Å². The number of carbonyl (C=O) groups excluding carboxylic acids is 1. The van der Waals surface area contributed by atoms with Crippen LogP contribution in [-0.4, -0.2) is 70.9 Å². The van der Waals surface area contributed by atoms with Crippen LogP contribution in [0.4, 0.5) is 0 Å². The van der Waals surface area contributed by atoms with Gasteiger partial charge < -0.3 is 9.64 Å². The van der Waals surface area contributed by atoms with Crippen LogP contribution in [0, 0.1) is 13.8 Å². The van der Waals surface area contributed by atoms with E-state index >= 15 is 0 Å². The molecule has 6 nitrogen and oxygen atoms in total. The van der Waals surface area contributed by atoms with Crippen molar-refractivity contribution in [2.24, 2.45) is 0 Å². The Morgan fingerprint density at radius 2 is 1.94 bits per heavy atom. The van der Waals surface area contributed by atoms with Crippen LogP contribution < -0.4 is 0 Å². The zero-order valence-corrected chi connectivity index (χ0v) is 19.1. The fourth-order valence-corrected chi connectivity index (χ4v) is 4.51. The van der Waals surface area contributed by atoms with E-state index in [1.807, 2.05) is 11.8 Å². The molecule has 2 fully saturated rings. The number of carbonyl (C=O) groups is 1. The molecule has 0 aliphatic carbocycles. The molecule has 2 aliphatic rings. The van der Waals surface area contributed by atoms with Crippen molar-refractivity contribution in [1.82, 2.24) is 19.6 Å². The summed E-state index contributed by atoms with van der Waals surface area (Å²) in [5.41, 5.74) is 3.99. The first-order valence-corrected chi connectivity index (χ1v) is 11.5. The summed E-state index contributed by atoms with van der Waals surface area (Å²) in [6.07, 6.45) is 6.11. The maximum Gasteiger partial charge on any atom is 0.246 e. The average Bonchev–Trinajstić information content (AvgIpc) is 3.37. The van der Waals surface area contributed by atoms with E-state index in [-0.39, 0.29) is 5.91 Å². The molecule has 1 atom stereocenters. The van der Waals surface area contributed by atoms with Crippen LogP contribution in [0.25, 0.3) is 6.08 Å². The Morgan fingerprint density at radius 3 is 2.61 bits per heavy atom. The van der Waals surface area contributed by atoms with Gasteiger partial charge in [-0.3, -0.25) is 9.69 Å². The van der Waals surface area contributed by atoms with Crippen molar-refractivity contribution in [3.63, 3.8) is 0 Å². The van der Waals surface area contributed by atoms with Crippen LogP contribution in [0.5, 0.6) is 0 Å². The van der Waals surface area contributed by atoms with Crippen molar-refractivity contribution in [3.8, 4) is 0 Å². The third-order valence-corrected chi connectivity index (χ3v) is 6.52. The molecule has 2 saturated heterocycles.